The summed E-state index contributed by atoms with van der Waals surface area (Å²) in [5.41, 5.74) is 1.74. The van der Waals surface area contributed by atoms with Gasteiger partial charge in [-0.3, -0.25) is 4.90 Å². The van der Waals surface area contributed by atoms with Gasteiger partial charge in [-0.15, -0.1) is 13.2 Å². The van der Waals surface area contributed by atoms with E-state index in [1.54, 1.807) is 15.9 Å². The van der Waals surface area contributed by atoms with Crippen LogP contribution in [-0.2, 0) is 16.6 Å². The molecular formula is C25H31F3N4O4S. The van der Waals surface area contributed by atoms with Gasteiger partial charge in [-0.1, -0.05) is 42.5 Å². The summed E-state index contributed by atoms with van der Waals surface area (Å²) in [6, 6.07) is 15.6. The molecule has 0 saturated carbocycles. The molecule has 8 nitrogen and oxygen atoms in total. The number of carbonyl (C=O) groups excluding carboxylic acids is 1. The second-order valence-electron chi connectivity index (χ2n) is 9.53. The van der Waals surface area contributed by atoms with E-state index in [2.05, 4.69) is 9.64 Å². The molecule has 2 aliphatic heterocycles. The Kier molecular flexibility index (Phi) is 8.00. The Hall–Kier alpha value is -2.83. The van der Waals surface area contributed by atoms with Crippen molar-refractivity contribution in [1.29, 1.82) is 0 Å². The summed E-state index contributed by atoms with van der Waals surface area (Å²) in [6.45, 7) is 2.48. The van der Waals surface area contributed by atoms with Crippen molar-refractivity contribution in [3.8, 4) is 5.75 Å². The summed E-state index contributed by atoms with van der Waals surface area (Å²) >= 11 is 0. The molecule has 4 rings (SSSR count). The number of urea groups is 1. The monoisotopic (exact) mass is 540 g/mol. The average molecular weight is 541 g/mol. The molecule has 2 aliphatic rings. The summed E-state index contributed by atoms with van der Waals surface area (Å²) < 4.78 is 67.1. The van der Waals surface area contributed by atoms with Crippen molar-refractivity contribution in [3.05, 3.63) is 65.7 Å². The zero-order valence-corrected chi connectivity index (χ0v) is 21.6. The lowest BCUT2D eigenvalue weighted by Crippen LogP contribution is -2.53. The van der Waals surface area contributed by atoms with Crippen LogP contribution in [0.1, 0.15) is 17.0 Å². The predicted molar refractivity (Wildman–Crippen MR) is 133 cm³/mol. The second kappa shape index (κ2) is 10.9. The van der Waals surface area contributed by atoms with E-state index in [0.717, 1.165) is 5.56 Å². The average Bonchev–Trinajstić information content (AvgIpc) is 3.29. The smallest absolute Gasteiger partial charge is 0.406 e. The number of carbonyl (C=O) groups is 1. The largest absolute Gasteiger partial charge is 0.573 e. The third-order valence-corrected chi connectivity index (χ3v) is 8.20. The summed E-state index contributed by atoms with van der Waals surface area (Å²) in [7, 11) is -1.40. The van der Waals surface area contributed by atoms with Crippen molar-refractivity contribution < 1.29 is 31.1 Å². The van der Waals surface area contributed by atoms with Crippen molar-refractivity contribution in [2.24, 2.45) is 0 Å². The molecule has 0 unspecified atom stereocenters. The number of hydrogen-bond donors (Lipinski definition) is 0. The van der Waals surface area contributed by atoms with E-state index < -0.39 is 16.4 Å². The Morgan fingerprint density at radius 2 is 1.68 bits per heavy atom. The highest BCUT2D eigenvalue weighted by Crippen LogP contribution is 2.33. The number of likely N-dealkylation sites (tertiary alicyclic amines) is 1. The molecule has 0 N–H and O–H groups in total. The molecule has 2 amide bonds. The van der Waals surface area contributed by atoms with Crippen LogP contribution in [0, 0.1) is 0 Å². The normalized spacial score (nSPS) is 21.5. The van der Waals surface area contributed by atoms with E-state index in [0.29, 0.717) is 38.3 Å². The van der Waals surface area contributed by atoms with Gasteiger partial charge in [0.2, 0.25) is 10.0 Å². The first-order valence-electron chi connectivity index (χ1n) is 12.0. The SMILES string of the molecule is CN(Cc1cccc(OC(F)(F)F)c1)[C@H]1CN(C(=O)N2CCN(S(C)(=O)=O)CC2)C[C@@H]1c1ccccc1. The van der Waals surface area contributed by atoms with E-state index in [1.807, 2.05) is 37.4 Å². The van der Waals surface area contributed by atoms with Crippen molar-refractivity contribution in [2.45, 2.75) is 24.9 Å². The molecule has 12 heteroatoms. The molecule has 2 aromatic carbocycles. The van der Waals surface area contributed by atoms with E-state index >= 15 is 0 Å². The molecule has 37 heavy (non-hydrogen) atoms. The van der Waals surface area contributed by atoms with E-state index in [9.17, 15) is 26.4 Å². The fraction of sp³-hybridized carbons (Fsp3) is 0.480. The summed E-state index contributed by atoms with van der Waals surface area (Å²) in [5.74, 6) is -0.267. The number of sulfonamides is 1. The zero-order valence-electron chi connectivity index (χ0n) is 20.8. The number of amides is 2. The number of halogens is 3. The molecule has 2 saturated heterocycles. The van der Waals surface area contributed by atoms with Crippen LogP contribution in [-0.4, -0.2) is 98.4 Å². The first kappa shape index (κ1) is 27.2. The van der Waals surface area contributed by atoms with Crippen LogP contribution in [0.15, 0.2) is 54.6 Å². The van der Waals surface area contributed by atoms with Gasteiger partial charge in [-0.05, 0) is 30.3 Å². The van der Waals surface area contributed by atoms with Crippen LogP contribution in [0.3, 0.4) is 0 Å². The third kappa shape index (κ3) is 6.93. The number of nitrogens with zero attached hydrogens (tertiary/aromatic N) is 4. The van der Waals surface area contributed by atoms with Gasteiger partial charge in [0.25, 0.3) is 0 Å². The predicted octanol–water partition coefficient (Wildman–Crippen LogP) is 3.18. The maximum absolute atomic E-state index is 13.4. The topological polar surface area (TPSA) is 73.4 Å². The molecule has 0 spiro atoms. The van der Waals surface area contributed by atoms with Crippen LogP contribution in [0.5, 0.6) is 5.75 Å². The number of likely N-dealkylation sites (N-methyl/N-ethyl adjacent to an activating group) is 1. The van der Waals surface area contributed by atoms with Gasteiger partial charge in [-0.2, -0.15) is 4.31 Å². The Morgan fingerprint density at radius 1 is 1.00 bits per heavy atom. The number of benzene rings is 2. The molecule has 202 valence electrons. The minimum Gasteiger partial charge on any atom is -0.406 e. The second-order valence-corrected chi connectivity index (χ2v) is 11.5. The minimum absolute atomic E-state index is 0.00191. The van der Waals surface area contributed by atoms with Crippen LogP contribution < -0.4 is 4.74 Å². The third-order valence-electron chi connectivity index (χ3n) is 6.90. The number of ether oxygens (including phenoxy) is 1. The molecule has 2 fully saturated rings. The van der Waals surface area contributed by atoms with Crippen molar-refractivity contribution >= 4 is 16.1 Å². The summed E-state index contributed by atoms with van der Waals surface area (Å²) in [4.78, 5) is 18.9. The molecule has 2 atom stereocenters. The zero-order chi connectivity index (χ0) is 26.8. The molecular weight excluding hydrogens is 509 g/mol. The molecule has 0 aliphatic carbocycles. The molecule has 2 aromatic rings. The molecule has 0 aromatic heterocycles. The Morgan fingerprint density at radius 3 is 2.30 bits per heavy atom. The Bertz CT molecular complexity index is 1190. The lowest BCUT2D eigenvalue weighted by Gasteiger charge is -2.35. The summed E-state index contributed by atoms with van der Waals surface area (Å²) in [5, 5.41) is 0. The minimum atomic E-state index is -4.76. The maximum Gasteiger partial charge on any atom is 0.573 e. The fourth-order valence-electron chi connectivity index (χ4n) is 5.07. The van der Waals surface area contributed by atoms with Gasteiger partial charge in [-0.25, -0.2) is 13.2 Å². The lowest BCUT2D eigenvalue weighted by molar-refractivity contribution is -0.274. The van der Waals surface area contributed by atoms with Crippen LogP contribution in [0.25, 0.3) is 0 Å². The Balaban J connectivity index is 1.48. The maximum atomic E-state index is 13.4. The van der Waals surface area contributed by atoms with Crippen LogP contribution in [0.2, 0.25) is 0 Å². The number of hydrogen-bond acceptors (Lipinski definition) is 5. The number of rotatable bonds is 6. The van der Waals surface area contributed by atoms with E-state index in [4.69, 9.17) is 0 Å². The molecule has 2 heterocycles. The molecule has 0 bridgehead atoms. The number of alkyl halides is 3. The van der Waals surface area contributed by atoms with Gasteiger partial charge in [0.1, 0.15) is 5.75 Å². The highest BCUT2D eigenvalue weighted by molar-refractivity contribution is 7.88. The first-order valence-corrected chi connectivity index (χ1v) is 13.8. The van der Waals surface area contributed by atoms with Crippen molar-refractivity contribution in [2.75, 3.05) is 52.6 Å². The van der Waals surface area contributed by atoms with Crippen molar-refractivity contribution in [1.82, 2.24) is 19.0 Å². The lowest BCUT2D eigenvalue weighted by atomic mass is 9.93. The van der Waals surface area contributed by atoms with Gasteiger partial charge in [0.05, 0.1) is 6.26 Å². The van der Waals surface area contributed by atoms with Crippen LogP contribution >= 0.6 is 0 Å². The van der Waals surface area contributed by atoms with E-state index in [-0.39, 0.29) is 36.8 Å². The number of piperazine rings is 1. The fourth-order valence-corrected chi connectivity index (χ4v) is 5.90. The van der Waals surface area contributed by atoms with Gasteiger partial charge in [0.15, 0.2) is 0 Å². The van der Waals surface area contributed by atoms with Gasteiger partial charge >= 0.3 is 12.4 Å². The van der Waals surface area contributed by atoms with E-state index in [1.165, 1.54) is 28.8 Å². The van der Waals surface area contributed by atoms with Gasteiger partial charge < -0.3 is 14.5 Å². The van der Waals surface area contributed by atoms with Gasteiger partial charge in [0, 0.05) is 57.8 Å². The Labute approximate surface area is 215 Å². The molecule has 0 radical (unpaired) electrons. The van der Waals surface area contributed by atoms with Crippen molar-refractivity contribution in [3.63, 3.8) is 0 Å². The summed E-state index contributed by atoms with van der Waals surface area (Å²) in [6.07, 6.45) is -3.59. The highest BCUT2D eigenvalue weighted by Gasteiger charge is 2.40. The quantitative estimate of drug-likeness (QED) is 0.563. The standard InChI is InChI=1S/C25H31F3N4O4S/c1-29(16-19-7-6-10-21(15-19)36-25(26,27)28)23-18-31(17-22(23)20-8-4-3-5-9-20)24(33)30-11-13-32(14-12-30)37(2,34)35/h3-10,15,22-23H,11-14,16-18H2,1-2H3/t22-,23+/m1/s1. The first-order chi connectivity index (χ1) is 17.4. The van der Waals surface area contributed by atoms with Crippen LogP contribution in [0.4, 0.5) is 18.0 Å². The highest BCUT2D eigenvalue weighted by atomic mass is 32.2.